The van der Waals surface area contributed by atoms with E-state index in [9.17, 15) is 0 Å². The summed E-state index contributed by atoms with van der Waals surface area (Å²) >= 11 is 6.26. The number of halogens is 1. The van der Waals surface area contributed by atoms with Crippen LogP contribution < -0.4 is 0 Å². The van der Waals surface area contributed by atoms with Gasteiger partial charge in [-0.15, -0.1) is 0 Å². The van der Waals surface area contributed by atoms with Crippen molar-refractivity contribution in [3.63, 3.8) is 0 Å². The first-order chi connectivity index (χ1) is 9.84. The van der Waals surface area contributed by atoms with E-state index >= 15 is 0 Å². The van der Waals surface area contributed by atoms with E-state index in [-0.39, 0.29) is 0 Å². The van der Waals surface area contributed by atoms with Gasteiger partial charge in [0.05, 0.1) is 17.0 Å². The van der Waals surface area contributed by atoms with E-state index in [1.807, 2.05) is 42.9 Å². The van der Waals surface area contributed by atoms with Crippen LogP contribution >= 0.6 is 11.6 Å². The second-order valence-electron chi connectivity index (χ2n) is 4.69. The topological polar surface area (TPSA) is 17.8 Å². The van der Waals surface area contributed by atoms with Gasteiger partial charge in [0.1, 0.15) is 0 Å². The van der Waals surface area contributed by atoms with Crippen molar-refractivity contribution in [2.45, 2.75) is 12.8 Å². The van der Waals surface area contributed by atoms with Crippen molar-refractivity contribution in [1.29, 1.82) is 0 Å². The molecule has 0 spiro atoms. The minimum atomic E-state index is 0.742. The van der Waals surface area contributed by atoms with Crippen LogP contribution in [0, 0.1) is 0 Å². The Morgan fingerprint density at radius 1 is 0.900 bits per heavy atom. The number of para-hydroxylation sites is 1. The first kappa shape index (κ1) is 12.9. The maximum absolute atomic E-state index is 6.26. The third-order valence-corrected chi connectivity index (χ3v) is 3.66. The van der Waals surface area contributed by atoms with Gasteiger partial charge in [-0.2, -0.15) is 0 Å². The van der Waals surface area contributed by atoms with E-state index in [2.05, 4.69) is 33.8 Å². The average Bonchev–Trinajstić information content (AvgIpc) is 2.95. The van der Waals surface area contributed by atoms with Crippen LogP contribution in [0.1, 0.15) is 11.3 Å². The molecule has 0 aliphatic rings. The van der Waals surface area contributed by atoms with Gasteiger partial charge in [0.2, 0.25) is 0 Å². The molecular formula is C17H15ClN2. The highest BCUT2D eigenvalue weighted by Crippen LogP contribution is 2.21. The number of benzene rings is 2. The smallest absolute Gasteiger partial charge is 0.0994 e. The molecule has 0 bridgehead atoms. The van der Waals surface area contributed by atoms with Gasteiger partial charge >= 0.3 is 0 Å². The van der Waals surface area contributed by atoms with Crippen molar-refractivity contribution in [2.75, 3.05) is 0 Å². The Morgan fingerprint density at radius 2 is 1.65 bits per heavy atom. The van der Waals surface area contributed by atoms with Crippen molar-refractivity contribution in [1.82, 2.24) is 9.55 Å². The zero-order chi connectivity index (χ0) is 13.8. The molecule has 0 aliphatic heterocycles. The molecular weight excluding hydrogens is 268 g/mol. The average molecular weight is 283 g/mol. The third kappa shape index (κ3) is 2.75. The van der Waals surface area contributed by atoms with E-state index in [1.54, 1.807) is 0 Å². The fourth-order valence-corrected chi connectivity index (χ4v) is 2.52. The van der Waals surface area contributed by atoms with Gasteiger partial charge < -0.3 is 4.57 Å². The van der Waals surface area contributed by atoms with Gasteiger partial charge in [0.25, 0.3) is 0 Å². The van der Waals surface area contributed by atoms with Crippen LogP contribution in [-0.4, -0.2) is 9.55 Å². The minimum Gasteiger partial charge on any atom is -0.302 e. The summed E-state index contributed by atoms with van der Waals surface area (Å²) < 4.78 is 2.06. The molecule has 0 N–H and O–H groups in total. The second-order valence-corrected chi connectivity index (χ2v) is 5.10. The number of rotatable bonds is 4. The Kier molecular flexibility index (Phi) is 3.84. The summed E-state index contributed by atoms with van der Waals surface area (Å²) in [5.41, 5.74) is 3.48. The molecule has 20 heavy (non-hydrogen) atoms. The maximum Gasteiger partial charge on any atom is 0.0994 e. The zero-order valence-electron chi connectivity index (χ0n) is 11.0. The summed E-state index contributed by atoms with van der Waals surface area (Å²) in [5.74, 6) is 0. The Labute approximate surface area is 123 Å². The van der Waals surface area contributed by atoms with Gasteiger partial charge in [-0.3, -0.25) is 0 Å². The van der Waals surface area contributed by atoms with Gasteiger partial charge in [-0.1, -0.05) is 54.1 Å². The molecule has 3 rings (SSSR count). The second kappa shape index (κ2) is 5.93. The van der Waals surface area contributed by atoms with Gasteiger partial charge in [-0.25, -0.2) is 4.98 Å². The van der Waals surface area contributed by atoms with E-state index in [0.29, 0.717) is 0 Å². The Hall–Kier alpha value is -2.06. The summed E-state index contributed by atoms with van der Waals surface area (Å²) in [4.78, 5) is 4.26. The molecule has 0 saturated heterocycles. The van der Waals surface area contributed by atoms with Crippen LogP contribution in [0.25, 0.3) is 5.69 Å². The quantitative estimate of drug-likeness (QED) is 0.697. The maximum atomic E-state index is 6.26. The third-order valence-electron chi connectivity index (χ3n) is 3.34. The Bertz CT molecular complexity index is 689. The lowest BCUT2D eigenvalue weighted by molar-refractivity contribution is 0.865. The molecule has 1 heterocycles. The molecule has 0 unspecified atom stereocenters. The van der Waals surface area contributed by atoms with E-state index in [4.69, 9.17) is 11.6 Å². The molecule has 2 nitrogen and oxygen atoms in total. The normalized spacial score (nSPS) is 10.7. The molecule has 3 heteroatoms. The molecule has 3 aromatic rings. The lowest BCUT2D eigenvalue weighted by Gasteiger charge is -2.09. The Balaban J connectivity index is 1.83. The number of hydrogen-bond acceptors (Lipinski definition) is 1. The minimum absolute atomic E-state index is 0.742. The standard InChI is InChI=1S/C17H15ClN2/c18-16-8-4-5-9-17(16)20-13-19-12-15(20)11-10-14-6-2-1-3-7-14/h1-9,12-13H,10-11H2. The fourth-order valence-electron chi connectivity index (χ4n) is 2.29. The van der Waals surface area contributed by atoms with Crippen LogP contribution in [0.3, 0.4) is 0 Å². The summed E-state index contributed by atoms with van der Waals surface area (Å²) in [6.07, 6.45) is 5.67. The van der Waals surface area contributed by atoms with Crippen LogP contribution in [0.2, 0.25) is 5.02 Å². The molecule has 0 atom stereocenters. The zero-order valence-corrected chi connectivity index (χ0v) is 11.8. The van der Waals surface area contributed by atoms with Crippen molar-refractivity contribution >= 4 is 11.6 Å². The highest BCUT2D eigenvalue weighted by molar-refractivity contribution is 6.32. The fraction of sp³-hybridized carbons (Fsp3) is 0.118. The molecule has 2 aromatic carbocycles. The van der Waals surface area contributed by atoms with Crippen LogP contribution in [-0.2, 0) is 12.8 Å². The molecule has 0 fully saturated rings. The van der Waals surface area contributed by atoms with E-state index in [0.717, 1.165) is 23.6 Å². The molecule has 0 saturated carbocycles. The van der Waals surface area contributed by atoms with Crippen LogP contribution in [0.15, 0.2) is 67.1 Å². The summed E-state index contributed by atoms with van der Waals surface area (Å²) in [6.45, 7) is 0. The largest absolute Gasteiger partial charge is 0.302 e. The van der Waals surface area contributed by atoms with Gasteiger partial charge in [-0.05, 0) is 30.5 Å². The molecule has 1 aromatic heterocycles. The van der Waals surface area contributed by atoms with Gasteiger partial charge in [0, 0.05) is 11.9 Å². The van der Waals surface area contributed by atoms with Crippen molar-refractivity contribution in [3.8, 4) is 5.69 Å². The molecule has 0 aliphatic carbocycles. The van der Waals surface area contributed by atoms with E-state index < -0.39 is 0 Å². The monoisotopic (exact) mass is 282 g/mol. The van der Waals surface area contributed by atoms with Gasteiger partial charge in [0.15, 0.2) is 0 Å². The highest BCUT2D eigenvalue weighted by Gasteiger charge is 2.07. The summed E-state index contributed by atoms with van der Waals surface area (Å²) in [6, 6.07) is 18.3. The summed E-state index contributed by atoms with van der Waals surface area (Å²) in [5, 5.41) is 0.742. The van der Waals surface area contributed by atoms with Crippen LogP contribution in [0.5, 0.6) is 0 Å². The highest BCUT2D eigenvalue weighted by atomic mass is 35.5. The number of aromatic nitrogens is 2. The lowest BCUT2D eigenvalue weighted by atomic mass is 10.1. The van der Waals surface area contributed by atoms with Crippen LogP contribution in [0.4, 0.5) is 0 Å². The SMILES string of the molecule is Clc1ccccc1-n1cncc1CCc1ccccc1. The number of imidazole rings is 1. The predicted octanol–water partition coefficient (Wildman–Crippen LogP) is 4.31. The summed E-state index contributed by atoms with van der Waals surface area (Å²) in [7, 11) is 0. The first-order valence-corrected chi connectivity index (χ1v) is 7.02. The van der Waals surface area contributed by atoms with E-state index in [1.165, 1.54) is 11.3 Å². The number of hydrogen-bond donors (Lipinski definition) is 0. The molecule has 100 valence electrons. The molecule has 0 radical (unpaired) electrons. The lowest BCUT2D eigenvalue weighted by Crippen LogP contribution is -2.01. The van der Waals surface area contributed by atoms with Crippen molar-refractivity contribution < 1.29 is 0 Å². The predicted molar refractivity (Wildman–Crippen MR) is 82.4 cm³/mol. The number of aryl methyl sites for hydroxylation is 2. The van der Waals surface area contributed by atoms with Crippen molar-refractivity contribution in [3.05, 3.63) is 83.4 Å². The Morgan fingerprint density at radius 3 is 2.45 bits per heavy atom. The first-order valence-electron chi connectivity index (χ1n) is 6.64. The van der Waals surface area contributed by atoms with Crippen molar-refractivity contribution in [2.24, 2.45) is 0 Å². The number of nitrogens with zero attached hydrogens (tertiary/aromatic N) is 2. The molecule has 0 amide bonds.